The Morgan fingerprint density at radius 1 is 1.24 bits per heavy atom. The molecule has 0 aliphatic rings. The Morgan fingerprint density at radius 2 is 2.05 bits per heavy atom. The molecule has 0 atom stereocenters. The number of hydrogen-bond donors (Lipinski definition) is 2. The maximum Gasteiger partial charge on any atom is 0.226 e. The molecule has 3 rings (SSSR count). The standard InChI is InChI=1S/C15H18N6/c1-4-21(12-8-6-5-7-10(12)2)14-11-9-17-20-13(11)18-15(16-3)19-14/h5-9H,4H2,1-3H3,(H2,16,17,18,19,20). The number of H-pyrrole nitrogens is 1. The van der Waals surface area contributed by atoms with Crippen LogP contribution in [0.1, 0.15) is 12.5 Å². The normalized spacial score (nSPS) is 10.8. The Kier molecular flexibility index (Phi) is 3.43. The number of benzene rings is 1. The molecule has 0 saturated heterocycles. The molecule has 3 aromatic rings. The van der Waals surface area contributed by atoms with Gasteiger partial charge in [-0.15, -0.1) is 0 Å². The lowest BCUT2D eigenvalue weighted by Crippen LogP contribution is -2.19. The van der Waals surface area contributed by atoms with Crippen LogP contribution in [-0.2, 0) is 0 Å². The molecule has 0 spiro atoms. The van der Waals surface area contributed by atoms with Gasteiger partial charge in [0.1, 0.15) is 5.82 Å². The molecular formula is C15H18N6. The van der Waals surface area contributed by atoms with Crippen LogP contribution in [0.4, 0.5) is 17.5 Å². The van der Waals surface area contributed by atoms with Gasteiger partial charge in [-0.05, 0) is 25.5 Å². The first-order valence-electron chi connectivity index (χ1n) is 6.96. The maximum atomic E-state index is 4.62. The van der Waals surface area contributed by atoms with Crippen LogP contribution in [0.3, 0.4) is 0 Å². The average Bonchev–Trinajstić information content (AvgIpc) is 2.98. The van der Waals surface area contributed by atoms with Gasteiger partial charge >= 0.3 is 0 Å². The molecular weight excluding hydrogens is 264 g/mol. The number of anilines is 3. The van der Waals surface area contributed by atoms with E-state index in [-0.39, 0.29) is 0 Å². The van der Waals surface area contributed by atoms with Gasteiger partial charge < -0.3 is 10.2 Å². The summed E-state index contributed by atoms with van der Waals surface area (Å²) in [5.41, 5.74) is 3.08. The number of fused-ring (bicyclic) bond motifs is 1. The third kappa shape index (κ3) is 2.29. The Morgan fingerprint density at radius 3 is 2.76 bits per heavy atom. The monoisotopic (exact) mass is 282 g/mol. The van der Waals surface area contributed by atoms with Crippen LogP contribution in [-0.4, -0.2) is 33.8 Å². The predicted molar refractivity (Wildman–Crippen MR) is 85.1 cm³/mol. The van der Waals surface area contributed by atoms with Crippen molar-refractivity contribution >= 4 is 28.5 Å². The molecule has 0 saturated carbocycles. The number of rotatable bonds is 4. The Bertz CT molecular complexity index is 764. The zero-order chi connectivity index (χ0) is 14.8. The fraction of sp³-hybridized carbons (Fsp3) is 0.267. The number of aryl methyl sites for hydroxylation is 1. The van der Waals surface area contributed by atoms with E-state index in [1.54, 1.807) is 6.20 Å². The molecule has 6 nitrogen and oxygen atoms in total. The summed E-state index contributed by atoms with van der Waals surface area (Å²) in [6.45, 7) is 5.02. The Hall–Kier alpha value is -2.63. The summed E-state index contributed by atoms with van der Waals surface area (Å²) in [4.78, 5) is 11.2. The van der Waals surface area contributed by atoms with E-state index in [0.29, 0.717) is 5.95 Å². The van der Waals surface area contributed by atoms with Gasteiger partial charge in [-0.25, -0.2) is 0 Å². The fourth-order valence-corrected chi connectivity index (χ4v) is 2.44. The van der Waals surface area contributed by atoms with E-state index in [4.69, 9.17) is 0 Å². The molecule has 0 bridgehead atoms. The molecule has 2 heterocycles. The zero-order valence-corrected chi connectivity index (χ0v) is 12.4. The minimum absolute atomic E-state index is 0.578. The van der Waals surface area contributed by atoms with Crippen molar-refractivity contribution in [1.82, 2.24) is 20.2 Å². The van der Waals surface area contributed by atoms with E-state index in [9.17, 15) is 0 Å². The number of nitrogens with zero attached hydrogens (tertiary/aromatic N) is 4. The lowest BCUT2D eigenvalue weighted by atomic mass is 10.1. The molecule has 0 amide bonds. The van der Waals surface area contributed by atoms with Crippen molar-refractivity contribution in [3.8, 4) is 0 Å². The van der Waals surface area contributed by atoms with E-state index in [0.717, 1.165) is 29.1 Å². The molecule has 2 N–H and O–H groups in total. The molecule has 0 radical (unpaired) electrons. The van der Waals surface area contributed by atoms with Gasteiger partial charge in [0, 0.05) is 19.3 Å². The highest BCUT2D eigenvalue weighted by atomic mass is 15.3. The predicted octanol–water partition coefficient (Wildman–Crippen LogP) is 2.86. The molecule has 6 heteroatoms. The summed E-state index contributed by atoms with van der Waals surface area (Å²) in [5, 5.41) is 10.9. The van der Waals surface area contributed by atoms with Crippen LogP contribution >= 0.6 is 0 Å². The highest BCUT2D eigenvalue weighted by Gasteiger charge is 2.17. The third-order valence-electron chi connectivity index (χ3n) is 3.49. The number of aromatic nitrogens is 4. The van der Waals surface area contributed by atoms with Crippen LogP contribution in [0.15, 0.2) is 30.5 Å². The van der Waals surface area contributed by atoms with Gasteiger partial charge in [-0.3, -0.25) is 5.10 Å². The molecule has 108 valence electrons. The van der Waals surface area contributed by atoms with Crippen molar-refractivity contribution < 1.29 is 0 Å². The lowest BCUT2D eigenvalue weighted by Gasteiger charge is -2.24. The summed E-state index contributed by atoms with van der Waals surface area (Å²) in [7, 11) is 1.81. The minimum Gasteiger partial charge on any atom is -0.357 e. The highest BCUT2D eigenvalue weighted by Crippen LogP contribution is 2.31. The summed E-state index contributed by atoms with van der Waals surface area (Å²) >= 11 is 0. The van der Waals surface area contributed by atoms with Gasteiger partial charge in [0.2, 0.25) is 5.95 Å². The SMILES string of the molecule is CCN(c1ccccc1C)c1nc(NC)nc2[nH]ncc12. The zero-order valence-electron chi connectivity index (χ0n) is 12.4. The van der Waals surface area contributed by atoms with Crippen molar-refractivity contribution in [3.05, 3.63) is 36.0 Å². The molecule has 0 fully saturated rings. The number of nitrogens with one attached hydrogen (secondary N) is 2. The first kappa shape index (κ1) is 13.4. The quantitative estimate of drug-likeness (QED) is 0.770. The summed E-state index contributed by atoms with van der Waals surface area (Å²) < 4.78 is 0. The van der Waals surface area contributed by atoms with Crippen LogP contribution in [0.2, 0.25) is 0 Å². The molecule has 1 aromatic carbocycles. The first-order chi connectivity index (χ1) is 10.2. The number of hydrogen-bond acceptors (Lipinski definition) is 5. The fourth-order valence-electron chi connectivity index (χ4n) is 2.44. The second-order valence-electron chi connectivity index (χ2n) is 4.78. The molecule has 21 heavy (non-hydrogen) atoms. The molecule has 2 aromatic heterocycles. The van der Waals surface area contributed by atoms with Crippen LogP contribution in [0.5, 0.6) is 0 Å². The van der Waals surface area contributed by atoms with Crippen molar-refractivity contribution in [3.63, 3.8) is 0 Å². The Labute approximate surface area is 123 Å². The Balaban J connectivity index is 2.21. The van der Waals surface area contributed by atoms with E-state index >= 15 is 0 Å². The largest absolute Gasteiger partial charge is 0.357 e. The van der Waals surface area contributed by atoms with E-state index < -0.39 is 0 Å². The van der Waals surface area contributed by atoms with Crippen molar-refractivity contribution in [2.45, 2.75) is 13.8 Å². The first-order valence-corrected chi connectivity index (χ1v) is 6.96. The van der Waals surface area contributed by atoms with Crippen LogP contribution < -0.4 is 10.2 Å². The van der Waals surface area contributed by atoms with Gasteiger partial charge in [0.05, 0.1) is 11.6 Å². The highest BCUT2D eigenvalue weighted by molar-refractivity contribution is 5.90. The summed E-state index contributed by atoms with van der Waals surface area (Å²) in [5.74, 6) is 1.43. The second kappa shape index (κ2) is 5.40. The van der Waals surface area contributed by atoms with Crippen LogP contribution in [0.25, 0.3) is 11.0 Å². The number of para-hydroxylation sites is 1. The van der Waals surface area contributed by atoms with E-state index in [1.165, 1.54) is 5.56 Å². The van der Waals surface area contributed by atoms with Crippen molar-refractivity contribution in [1.29, 1.82) is 0 Å². The molecule has 0 unspecified atom stereocenters. The van der Waals surface area contributed by atoms with Gasteiger partial charge in [-0.1, -0.05) is 18.2 Å². The van der Waals surface area contributed by atoms with E-state index in [2.05, 4.69) is 56.4 Å². The third-order valence-corrected chi connectivity index (χ3v) is 3.49. The lowest BCUT2D eigenvalue weighted by molar-refractivity contribution is 0.983. The van der Waals surface area contributed by atoms with Gasteiger partial charge in [0.15, 0.2) is 5.65 Å². The minimum atomic E-state index is 0.578. The van der Waals surface area contributed by atoms with Gasteiger partial charge in [-0.2, -0.15) is 15.1 Å². The smallest absolute Gasteiger partial charge is 0.226 e. The molecule has 0 aliphatic heterocycles. The van der Waals surface area contributed by atoms with Crippen molar-refractivity contribution in [2.24, 2.45) is 0 Å². The average molecular weight is 282 g/mol. The maximum absolute atomic E-state index is 4.62. The van der Waals surface area contributed by atoms with Gasteiger partial charge in [0.25, 0.3) is 0 Å². The topological polar surface area (TPSA) is 69.7 Å². The summed E-state index contributed by atoms with van der Waals surface area (Å²) in [6.07, 6.45) is 1.77. The number of aromatic amines is 1. The van der Waals surface area contributed by atoms with Crippen LogP contribution in [0, 0.1) is 6.92 Å². The molecule has 0 aliphatic carbocycles. The second-order valence-corrected chi connectivity index (χ2v) is 4.78. The van der Waals surface area contributed by atoms with E-state index in [1.807, 2.05) is 19.2 Å². The summed E-state index contributed by atoms with van der Waals surface area (Å²) in [6, 6.07) is 8.29. The van der Waals surface area contributed by atoms with Crippen molar-refractivity contribution in [2.75, 3.05) is 23.8 Å².